The van der Waals surface area contributed by atoms with Crippen LogP contribution in [-0.4, -0.2) is 46.4 Å². The molecule has 5 rings (SSSR count). The Labute approximate surface area is 228 Å². The number of rotatable bonds is 6. The lowest BCUT2D eigenvalue weighted by Gasteiger charge is -2.32. The van der Waals surface area contributed by atoms with Crippen molar-refractivity contribution >= 4 is 34.7 Å². The molecule has 1 aromatic heterocycles. The van der Waals surface area contributed by atoms with E-state index in [9.17, 15) is 23.1 Å². The zero-order valence-corrected chi connectivity index (χ0v) is 21.7. The lowest BCUT2D eigenvalue weighted by molar-refractivity contribution is -0.198. The first-order valence-corrected chi connectivity index (χ1v) is 13.0. The highest BCUT2D eigenvalue weighted by Gasteiger charge is 2.45. The van der Waals surface area contributed by atoms with Crippen LogP contribution in [0.2, 0.25) is 5.02 Å². The van der Waals surface area contributed by atoms with Crippen LogP contribution in [0.4, 0.5) is 19.1 Å². The summed E-state index contributed by atoms with van der Waals surface area (Å²) in [7, 11) is 0. The molecule has 1 aromatic carbocycles. The summed E-state index contributed by atoms with van der Waals surface area (Å²) in [4.78, 5) is 19.5. The van der Waals surface area contributed by atoms with E-state index in [1.807, 2.05) is 6.08 Å². The van der Waals surface area contributed by atoms with Gasteiger partial charge in [-0.2, -0.15) is 18.2 Å². The summed E-state index contributed by atoms with van der Waals surface area (Å²) in [5.74, 6) is -1.38. The number of benzene rings is 1. The summed E-state index contributed by atoms with van der Waals surface area (Å²) in [6.45, 7) is 1.08. The largest absolute Gasteiger partial charge is 0.501 e. The summed E-state index contributed by atoms with van der Waals surface area (Å²) in [5, 5.41) is 12.7. The Bertz CT molecular complexity index is 1330. The molecular formula is C27H28ClF3N4O4. The maximum atomic E-state index is 14.4. The molecule has 8 nitrogen and oxygen atoms in total. The Morgan fingerprint density at radius 1 is 1.26 bits per heavy atom. The van der Waals surface area contributed by atoms with Gasteiger partial charge in [0.1, 0.15) is 6.04 Å². The molecule has 208 valence electrons. The molecule has 12 heteroatoms. The highest BCUT2D eigenvalue weighted by Crippen LogP contribution is 2.45. The SMILES string of the molecule is Nc1nc(OC(c2ccc(Cl)cc2C2=COCCC2)C(F)(F)F)cc(C2=CCC3(CC2)CNC(C(=O)O)C3)n1. The Morgan fingerprint density at radius 2 is 2.08 bits per heavy atom. The highest BCUT2D eigenvalue weighted by atomic mass is 35.5. The van der Waals surface area contributed by atoms with Crippen molar-refractivity contribution in [3.8, 4) is 5.88 Å². The monoisotopic (exact) mass is 564 g/mol. The van der Waals surface area contributed by atoms with Crippen LogP contribution in [0.5, 0.6) is 5.88 Å². The number of allylic oxidation sites excluding steroid dienone is 3. The minimum atomic E-state index is -4.77. The van der Waals surface area contributed by atoms with Crippen molar-refractivity contribution in [1.29, 1.82) is 0 Å². The van der Waals surface area contributed by atoms with Crippen LogP contribution in [0, 0.1) is 5.41 Å². The fraction of sp³-hybridized carbons (Fsp3) is 0.444. The van der Waals surface area contributed by atoms with Gasteiger partial charge in [0, 0.05) is 23.2 Å². The van der Waals surface area contributed by atoms with Crippen molar-refractivity contribution in [1.82, 2.24) is 15.3 Å². The smallest absolute Gasteiger partial charge is 0.429 e. The first-order chi connectivity index (χ1) is 18.5. The number of hydrogen-bond acceptors (Lipinski definition) is 7. The molecule has 1 aliphatic carbocycles. The fourth-order valence-electron chi connectivity index (χ4n) is 5.51. The predicted molar refractivity (Wildman–Crippen MR) is 139 cm³/mol. The minimum absolute atomic E-state index is 0.108. The first kappa shape index (κ1) is 27.3. The van der Waals surface area contributed by atoms with Gasteiger partial charge in [0.25, 0.3) is 0 Å². The van der Waals surface area contributed by atoms with Crippen LogP contribution in [0.25, 0.3) is 11.1 Å². The second-order valence-electron chi connectivity index (χ2n) is 10.2. The number of anilines is 1. The third-order valence-corrected chi connectivity index (χ3v) is 7.76. The van der Waals surface area contributed by atoms with Crippen molar-refractivity contribution in [2.24, 2.45) is 5.41 Å². The number of carbonyl (C=O) groups is 1. The van der Waals surface area contributed by atoms with Crippen LogP contribution < -0.4 is 15.8 Å². The number of carboxylic acid groups (broad SMARTS) is 1. The molecule has 0 radical (unpaired) electrons. The number of nitrogens with zero attached hydrogens (tertiary/aromatic N) is 2. The Morgan fingerprint density at radius 3 is 2.72 bits per heavy atom. The number of aliphatic carboxylic acids is 1. The van der Waals surface area contributed by atoms with E-state index in [0.717, 1.165) is 5.57 Å². The molecule has 3 atom stereocenters. The number of ether oxygens (including phenoxy) is 2. The number of aromatic nitrogens is 2. The van der Waals surface area contributed by atoms with Crippen molar-refractivity contribution in [2.45, 2.75) is 56.8 Å². The van der Waals surface area contributed by atoms with Gasteiger partial charge in [-0.1, -0.05) is 23.7 Å². The summed E-state index contributed by atoms with van der Waals surface area (Å²) < 4.78 is 54.1. The third-order valence-electron chi connectivity index (χ3n) is 7.53. The molecule has 1 spiro atoms. The normalized spacial score (nSPS) is 24.1. The number of halogens is 4. The Balaban J connectivity index is 1.43. The zero-order valence-electron chi connectivity index (χ0n) is 20.9. The van der Waals surface area contributed by atoms with Crippen LogP contribution in [0.15, 0.2) is 36.6 Å². The van der Waals surface area contributed by atoms with Gasteiger partial charge in [0.05, 0.1) is 18.6 Å². The van der Waals surface area contributed by atoms with E-state index < -0.39 is 24.3 Å². The van der Waals surface area contributed by atoms with E-state index in [0.29, 0.717) is 73.5 Å². The maximum Gasteiger partial charge on any atom is 0.429 e. The van der Waals surface area contributed by atoms with Crippen LogP contribution in [0.1, 0.15) is 61.4 Å². The second kappa shape index (κ2) is 10.7. The van der Waals surface area contributed by atoms with Crippen LogP contribution in [-0.2, 0) is 9.53 Å². The number of hydrogen-bond donors (Lipinski definition) is 3. The molecule has 3 unspecified atom stereocenters. The Kier molecular flexibility index (Phi) is 7.47. The first-order valence-electron chi connectivity index (χ1n) is 12.7. The van der Waals surface area contributed by atoms with Gasteiger partial charge in [-0.05, 0) is 72.8 Å². The second-order valence-corrected chi connectivity index (χ2v) is 10.7. The lowest BCUT2D eigenvalue weighted by Crippen LogP contribution is -2.30. The molecule has 1 fully saturated rings. The molecule has 1 saturated heterocycles. The molecule has 3 heterocycles. The van der Waals surface area contributed by atoms with Crippen LogP contribution >= 0.6 is 11.6 Å². The van der Waals surface area contributed by atoms with Crippen LogP contribution in [0.3, 0.4) is 0 Å². The topological polar surface area (TPSA) is 120 Å². The third kappa shape index (κ3) is 5.99. The van der Waals surface area contributed by atoms with Crippen molar-refractivity contribution < 1.29 is 32.5 Å². The molecule has 2 aliphatic heterocycles. The van der Waals surface area contributed by atoms with E-state index in [1.54, 1.807) is 0 Å². The van der Waals surface area contributed by atoms with Gasteiger partial charge in [-0.25, -0.2) is 4.98 Å². The standard InChI is InChI=1S/C27H28ClF3N4O4/c28-17-3-4-18(19(10-17)16-2-1-9-38-13-16)23(27(29,30)31)39-22-11-20(34-25(32)35-22)15-5-7-26(8-6-15)12-21(24(36)37)33-14-26/h3-5,10-11,13,21,23,33H,1-2,6-9,12,14H2,(H,36,37)(H2,32,34,35). The van der Waals surface area contributed by atoms with Gasteiger partial charge in [-0.3, -0.25) is 4.79 Å². The molecule has 0 amide bonds. The van der Waals surface area contributed by atoms with Gasteiger partial charge in [0.15, 0.2) is 0 Å². The van der Waals surface area contributed by atoms with E-state index in [1.165, 1.54) is 30.5 Å². The van der Waals surface area contributed by atoms with E-state index in [-0.39, 0.29) is 22.8 Å². The van der Waals surface area contributed by atoms with Gasteiger partial charge in [-0.15, -0.1) is 0 Å². The Hall–Kier alpha value is -3.31. The average Bonchev–Trinajstić information content (AvgIpc) is 3.31. The maximum absolute atomic E-state index is 14.4. The van der Waals surface area contributed by atoms with Crippen molar-refractivity contribution in [3.05, 3.63) is 58.4 Å². The summed E-state index contributed by atoms with van der Waals surface area (Å²) in [6.07, 6.45) is -0.0515. The summed E-state index contributed by atoms with van der Waals surface area (Å²) >= 11 is 6.14. The summed E-state index contributed by atoms with van der Waals surface area (Å²) in [6, 6.07) is 4.96. The number of alkyl halides is 3. The number of nitrogens with two attached hydrogens (primary N) is 1. The molecule has 0 saturated carbocycles. The van der Waals surface area contributed by atoms with Gasteiger partial charge in [0.2, 0.25) is 17.9 Å². The molecule has 4 N–H and O–H groups in total. The zero-order chi connectivity index (χ0) is 27.8. The number of nitrogen functional groups attached to an aromatic ring is 1. The van der Waals surface area contributed by atoms with Gasteiger partial charge < -0.3 is 25.6 Å². The molecule has 2 aromatic rings. The molecule has 0 bridgehead atoms. The fourth-order valence-corrected chi connectivity index (χ4v) is 5.68. The molecule has 3 aliphatic rings. The number of nitrogens with one attached hydrogen (secondary N) is 1. The predicted octanol–water partition coefficient (Wildman–Crippen LogP) is 5.55. The highest BCUT2D eigenvalue weighted by molar-refractivity contribution is 6.30. The quantitative estimate of drug-likeness (QED) is 0.418. The molecule has 39 heavy (non-hydrogen) atoms. The van der Waals surface area contributed by atoms with E-state index in [2.05, 4.69) is 15.3 Å². The molecular weight excluding hydrogens is 537 g/mol. The minimum Gasteiger partial charge on any atom is -0.501 e. The van der Waals surface area contributed by atoms with Crippen molar-refractivity contribution in [2.75, 3.05) is 18.9 Å². The average molecular weight is 565 g/mol. The summed E-state index contributed by atoms with van der Waals surface area (Å²) in [5.41, 5.74) is 7.71. The van der Waals surface area contributed by atoms with E-state index >= 15 is 0 Å². The van der Waals surface area contributed by atoms with Crippen molar-refractivity contribution in [3.63, 3.8) is 0 Å². The lowest BCUT2D eigenvalue weighted by atomic mass is 9.73. The van der Waals surface area contributed by atoms with Gasteiger partial charge >= 0.3 is 12.1 Å². The number of carboxylic acids is 1. The van der Waals surface area contributed by atoms with E-state index in [4.69, 9.17) is 26.8 Å².